The number of hydrogen-bond acceptors (Lipinski definition) is 29. The van der Waals surface area contributed by atoms with E-state index in [1.54, 1.807) is 20.8 Å². The summed E-state index contributed by atoms with van der Waals surface area (Å²) in [4.78, 5) is 351. The van der Waals surface area contributed by atoms with Crippen molar-refractivity contribution in [3.63, 3.8) is 0 Å². The van der Waals surface area contributed by atoms with Gasteiger partial charge in [-0.2, -0.15) is 0 Å². The molecule has 14 amide bonds. The van der Waals surface area contributed by atoms with Crippen LogP contribution in [0.1, 0.15) is 156 Å². The Hall–Kier alpha value is -13.1. The summed E-state index contributed by atoms with van der Waals surface area (Å²) < 4.78 is 0. The number of nitrogens with zero attached hydrogens (tertiary/aromatic N) is 5. The van der Waals surface area contributed by atoms with Gasteiger partial charge in [-0.3, -0.25) is 134 Å². The third-order valence-electron chi connectivity index (χ3n) is 17.4. The summed E-state index contributed by atoms with van der Waals surface area (Å²) in [5, 5.41) is 67.1. The molecular weight excluding hydrogens is 1610 g/mol. The molecule has 0 aromatic rings. The number of nitrogens with one attached hydrogen (secondary N) is 9. The van der Waals surface area contributed by atoms with Crippen molar-refractivity contribution >= 4 is 165 Å². The molecule has 0 bridgehead atoms. The van der Waals surface area contributed by atoms with Crippen molar-refractivity contribution in [2.45, 2.75) is 156 Å². The van der Waals surface area contributed by atoms with Crippen molar-refractivity contribution in [1.82, 2.24) is 72.4 Å². The number of rotatable bonds is 69. The van der Waals surface area contributed by atoms with E-state index in [0.717, 1.165) is 0 Å². The maximum atomic E-state index is 13.4. The van der Waals surface area contributed by atoms with Crippen molar-refractivity contribution in [2.24, 2.45) is 11.1 Å². The lowest BCUT2D eigenvalue weighted by molar-refractivity contribution is -0.146. The van der Waals surface area contributed by atoms with E-state index in [4.69, 9.17) is 10.8 Å². The number of carboxylic acids is 5. The molecule has 0 saturated carbocycles. The molecule has 0 aliphatic heterocycles. The van der Waals surface area contributed by atoms with Gasteiger partial charge < -0.3 is 104 Å². The van der Waals surface area contributed by atoms with Gasteiger partial charge in [-0.1, -0.05) is 20.8 Å². The molecule has 0 fully saturated rings. The van der Waals surface area contributed by atoms with Crippen LogP contribution < -0.4 is 53.6 Å². The van der Waals surface area contributed by atoms with Crippen LogP contribution in [0, 0.1) is 5.41 Å². The second kappa shape index (κ2) is 59.6. The summed E-state index contributed by atoms with van der Waals surface area (Å²) in [5.41, 5.74) is 4.08. The second-order valence-electron chi connectivity index (χ2n) is 27.3. The van der Waals surface area contributed by atoms with Crippen molar-refractivity contribution in [2.75, 3.05) is 131 Å². The van der Waals surface area contributed by atoms with E-state index in [1.807, 2.05) is 0 Å². The van der Waals surface area contributed by atoms with E-state index in [9.17, 15) is 155 Å². The van der Waals surface area contributed by atoms with Crippen molar-refractivity contribution in [1.29, 1.82) is 0 Å². The molecule has 0 aliphatic carbocycles. The standard InChI is InChI=1S/C73H107N15O33/c1-4-54(98)75-26-45(89)17-21-73(22-18-46(90)27-76-55(99)5-2,23-19-47(91)28-77-56(100)6-3)24-20-48(92)29-78-57(101)12-7-49(93)35-84(40-68(112)113)63(107)30-79-58(102)13-8-50(94)36-85(41-69(114)115)64(108)31-80-59(103)14-9-51(95)37-86(42-70(116)117)65(109)32-81-60(104)15-10-52(96)38-87(43-71(118)119)66(110)33-82-61(105)16-11-53(97)39-88(44-72(120)121)67(111)34-83-62(106)25-74/h4-44,74H2,1-3H3,(H,75,98)(H,76,99)(H,77,100)(H,78,101)(H,79,102)(H,80,103)(H,81,104)(H,82,105)(H,83,106)(H,112,113)(H,114,115)(H,116,117)(H,118,119)(H,120,121). The number of carbonyl (C=O) groups is 28. The van der Waals surface area contributed by atoms with Gasteiger partial charge in [0.05, 0.1) is 98.2 Å². The molecule has 0 radical (unpaired) electrons. The first kappa shape index (κ1) is 108. The van der Waals surface area contributed by atoms with Gasteiger partial charge >= 0.3 is 29.8 Å². The van der Waals surface area contributed by atoms with Gasteiger partial charge in [0, 0.05) is 109 Å². The van der Waals surface area contributed by atoms with E-state index < -0.39 is 345 Å². The topological polar surface area (TPSA) is 730 Å². The third-order valence-corrected chi connectivity index (χ3v) is 17.4. The Kier molecular flexibility index (Phi) is 53.1. The Bertz CT molecular complexity index is 3730. The van der Waals surface area contributed by atoms with Crippen LogP contribution >= 0.6 is 0 Å². The fourth-order valence-electron chi connectivity index (χ4n) is 10.5. The molecule has 0 atom stereocenters. The minimum absolute atomic E-state index is 0.0160. The number of nitrogens with two attached hydrogens (primary N) is 1. The van der Waals surface area contributed by atoms with Gasteiger partial charge in [0.15, 0.2) is 52.0 Å². The normalized spacial score (nSPS) is 10.6. The van der Waals surface area contributed by atoms with Crippen molar-refractivity contribution < 1.29 is 160 Å². The minimum atomic E-state index is -1.64. The lowest BCUT2D eigenvalue weighted by Gasteiger charge is -2.34. The molecule has 0 heterocycles. The summed E-state index contributed by atoms with van der Waals surface area (Å²) in [5.74, 6) is -26.4. The zero-order valence-electron chi connectivity index (χ0n) is 67.5. The van der Waals surface area contributed by atoms with E-state index in [1.165, 1.54) is 0 Å². The molecule has 0 aromatic carbocycles. The Morgan fingerprint density at radius 1 is 0.215 bits per heavy atom. The number of amides is 14. The highest BCUT2D eigenvalue weighted by Gasteiger charge is 2.34. The first-order valence-corrected chi connectivity index (χ1v) is 38.1. The molecule has 0 aliphatic rings. The number of aliphatic carboxylic acids is 5. The predicted octanol–water partition coefficient (Wildman–Crippen LogP) is -8.08. The second-order valence-corrected chi connectivity index (χ2v) is 27.3. The first-order valence-electron chi connectivity index (χ1n) is 38.1. The van der Waals surface area contributed by atoms with Crippen LogP contribution in [0.5, 0.6) is 0 Å². The molecule has 672 valence electrons. The Morgan fingerprint density at radius 3 is 0.545 bits per heavy atom. The van der Waals surface area contributed by atoms with Crippen LogP contribution in [0.15, 0.2) is 0 Å². The molecular formula is C73H107N15O33. The molecule has 121 heavy (non-hydrogen) atoms. The van der Waals surface area contributed by atoms with Gasteiger partial charge in [0.1, 0.15) is 32.7 Å². The van der Waals surface area contributed by atoms with Crippen LogP contribution in [0.2, 0.25) is 0 Å². The first-order chi connectivity index (χ1) is 56.8. The molecule has 16 N–H and O–H groups in total. The molecule has 0 aromatic heterocycles. The summed E-state index contributed by atoms with van der Waals surface area (Å²) in [7, 11) is 0. The SMILES string of the molecule is CCC(=O)NCC(=O)CCC(CCC(=O)CNC(=O)CC)(CCC(=O)CNC(=O)CC)CCC(=O)CNC(=O)CCC(=O)CN(CC(=O)O)C(=O)CNC(=O)CCC(=O)CN(CC(=O)O)C(=O)CNC(=O)CCC(=O)CN(CC(=O)O)C(=O)CNC(=O)CCC(=O)CN(CC(=O)O)C(=O)CNC(=O)CCC(=O)CN(CC(=O)O)C(=O)CNC(=O)CN. The maximum absolute atomic E-state index is 13.4. The fraction of sp³-hybridized carbons (Fsp3) is 0.616. The van der Waals surface area contributed by atoms with E-state index in [2.05, 4.69) is 47.9 Å². The Balaban J connectivity index is 5.48. The van der Waals surface area contributed by atoms with Gasteiger partial charge in [-0.05, 0) is 31.1 Å². The highest BCUT2D eigenvalue weighted by atomic mass is 16.4. The smallest absolute Gasteiger partial charge is 0.323 e. The predicted molar refractivity (Wildman–Crippen MR) is 409 cm³/mol. The van der Waals surface area contributed by atoms with Crippen LogP contribution in [-0.2, 0) is 134 Å². The summed E-state index contributed by atoms with van der Waals surface area (Å²) in [6, 6.07) is 0. The van der Waals surface area contributed by atoms with Crippen molar-refractivity contribution in [3.05, 3.63) is 0 Å². The number of Topliss-reactive ketones (excluding diaryl/α,β-unsaturated/α-hetero) is 9. The van der Waals surface area contributed by atoms with Crippen LogP contribution in [-0.4, -0.2) is 346 Å². The third kappa shape index (κ3) is 53.1. The van der Waals surface area contributed by atoms with Crippen LogP contribution in [0.4, 0.5) is 0 Å². The van der Waals surface area contributed by atoms with Crippen LogP contribution in [0.3, 0.4) is 0 Å². The molecule has 0 spiro atoms. The Labute approximate surface area is 692 Å². The zero-order chi connectivity index (χ0) is 91.9. The van der Waals surface area contributed by atoms with Gasteiger partial charge in [0.2, 0.25) is 82.7 Å². The number of hydrogen-bond donors (Lipinski definition) is 15. The summed E-state index contributed by atoms with van der Waals surface area (Å²) in [6.07, 6.45) is -6.79. The molecule has 0 rings (SSSR count). The zero-order valence-corrected chi connectivity index (χ0v) is 67.5. The van der Waals surface area contributed by atoms with Gasteiger partial charge in [-0.25, -0.2) is 0 Å². The Morgan fingerprint density at radius 2 is 0.380 bits per heavy atom. The van der Waals surface area contributed by atoms with E-state index in [0.29, 0.717) is 24.5 Å². The summed E-state index contributed by atoms with van der Waals surface area (Å²) in [6.45, 7) is -11.5. The lowest BCUT2D eigenvalue weighted by atomic mass is 9.70. The largest absolute Gasteiger partial charge is 0.480 e. The maximum Gasteiger partial charge on any atom is 0.323 e. The minimum Gasteiger partial charge on any atom is -0.480 e. The molecule has 0 unspecified atom stereocenters. The number of carbonyl (C=O) groups excluding carboxylic acids is 23. The van der Waals surface area contributed by atoms with Gasteiger partial charge in [-0.15, -0.1) is 0 Å². The van der Waals surface area contributed by atoms with Crippen molar-refractivity contribution in [3.8, 4) is 0 Å². The molecule has 0 saturated heterocycles. The summed E-state index contributed by atoms with van der Waals surface area (Å²) >= 11 is 0. The highest BCUT2D eigenvalue weighted by Crippen LogP contribution is 2.40. The molecule has 48 heteroatoms. The lowest BCUT2D eigenvalue weighted by Crippen LogP contribution is -2.46. The molecule has 48 nitrogen and oxygen atoms in total. The number of ketones is 9. The average molecular weight is 1720 g/mol. The highest BCUT2D eigenvalue weighted by molar-refractivity contribution is 5.99. The average Bonchev–Trinajstić information content (AvgIpc) is 0.843. The van der Waals surface area contributed by atoms with Crippen LogP contribution in [0.25, 0.3) is 0 Å². The van der Waals surface area contributed by atoms with Gasteiger partial charge in [0.25, 0.3) is 0 Å². The van der Waals surface area contributed by atoms with E-state index >= 15 is 0 Å². The number of carboxylic acid groups (broad SMARTS) is 5. The van der Waals surface area contributed by atoms with E-state index in [-0.39, 0.29) is 90.3 Å². The quantitative estimate of drug-likeness (QED) is 0.0269. The fourth-order valence-corrected chi connectivity index (χ4v) is 10.5. The monoisotopic (exact) mass is 1720 g/mol.